The van der Waals surface area contributed by atoms with Gasteiger partial charge in [-0.05, 0) is 22.9 Å². The van der Waals surface area contributed by atoms with Crippen LogP contribution in [0.3, 0.4) is 0 Å². The van der Waals surface area contributed by atoms with E-state index in [1.807, 2.05) is 6.20 Å². The first-order chi connectivity index (χ1) is 11.7. The van der Waals surface area contributed by atoms with E-state index in [-0.39, 0.29) is 0 Å². The lowest BCUT2D eigenvalue weighted by atomic mass is 9.96. The fourth-order valence-electron chi connectivity index (χ4n) is 2.16. The molecule has 10 heteroatoms. The van der Waals surface area contributed by atoms with Crippen LogP contribution in [0.1, 0.15) is 12.8 Å². The summed E-state index contributed by atoms with van der Waals surface area (Å²) in [5.41, 5.74) is -1.62. The minimum Gasteiger partial charge on any atom is -0.481 e. The Morgan fingerprint density at radius 3 is 2.28 bits per heavy atom. The SMILES string of the molecule is O=C(O)CC(O)(CC(=O)O)C(=O)O.c1cc2ccc3[nH]ncc3c2s1. The van der Waals surface area contributed by atoms with Gasteiger partial charge in [0.1, 0.15) is 0 Å². The quantitative estimate of drug-likeness (QED) is 0.454. The first kappa shape index (κ1) is 18.4. The van der Waals surface area contributed by atoms with Crippen molar-refractivity contribution in [2.75, 3.05) is 0 Å². The number of nitrogens with one attached hydrogen (secondary N) is 1. The molecule has 0 unspecified atom stereocenters. The molecular formula is C15H14N2O7S. The topological polar surface area (TPSA) is 161 Å². The maximum Gasteiger partial charge on any atom is 0.336 e. The minimum absolute atomic E-state index is 1.12. The summed E-state index contributed by atoms with van der Waals surface area (Å²) in [4.78, 5) is 30.5. The molecule has 0 radical (unpaired) electrons. The average molecular weight is 366 g/mol. The van der Waals surface area contributed by atoms with Gasteiger partial charge in [-0.25, -0.2) is 4.79 Å². The Morgan fingerprint density at radius 1 is 1.08 bits per heavy atom. The Hall–Kier alpha value is -2.98. The van der Waals surface area contributed by atoms with E-state index in [0.29, 0.717) is 0 Å². The zero-order valence-corrected chi connectivity index (χ0v) is 13.5. The van der Waals surface area contributed by atoms with E-state index in [9.17, 15) is 14.4 Å². The molecule has 9 nitrogen and oxygen atoms in total. The molecule has 0 aliphatic heterocycles. The molecule has 3 rings (SSSR count). The third-order valence-electron chi connectivity index (χ3n) is 3.32. The van der Waals surface area contributed by atoms with Gasteiger partial charge in [-0.1, -0.05) is 6.07 Å². The summed E-state index contributed by atoms with van der Waals surface area (Å²) in [6.45, 7) is 0. The highest BCUT2D eigenvalue weighted by Crippen LogP contribution is 2.28. The maximum absolute atomic E-state index is 10.3. The summed E-state index contributed by atoms with van der Waals surface area (Å²) in [5, 5.41) is 45.4. The van der Waals surface area contributed by atoms with Crippen LogP contribution < -0.4 is 0 Å². The summed E-state index contributed by atoms with van der Waals surface area (Å²) >= 11 is 1.76. The molecule has 132 valence electrons. The lowest BCUT2D eigenvalue weighted by Crippen LogP contribution is -2.42. The Bertz CT molecular complexity index is 865. The van der Waals surface area contributed by atoms with Gasteiger partial charge in [-0.2, -0.15) is 5.10 Å². The monoisotopic (exact) mass is 366 g/mol. The molecule has 0 amide bonds. The third kappa shape index (κ3) is 4.31. The number of aromatic nitrogens is 2. The summed E-state index contributed by atoms with van der Waals surface area (Å²) in [7, 11) is 0. The van der Waals surface area contributed by atoms with E-state index in [2.05, 4.69) is 33.8 Å². The number of carboxylic acids is 3. The molecule has 0 saturated heterocycles. The molecule has 0 fully saturated rings. The predicted octanol–water partition coefficient (Wildman–Crippen LogP) is 1.53. The molecule has 1 aromatic carbocycles. The van der Waals surface area contributed by atoms with Crippen LogP contribution >= 0.6 is 11.3 Å². The number of aliphatic carboxylic acids is 3. The van der Waals surface area contributed by atoms with Crippen LogP contribution in [0.4, 0.5) is 0 Å². The van der Waals surface area contributed by atoms with Gasteiger partial charge in [-0.15, -0.1) is 11.3 Å². The van der Waals surface area contributed by atoms with Gasteiger partial charge in [0.05, 0.1) is 24.6 Å². The van der Waals surface area contributed by atoms with Gasteiger partial charge in [-0.3, -0.25) is 14.7 Å². The summed E-state index contributed by atoms with van der Waals surface area (Å²) in [6.07, 6.45) is -0.405. The highest BCUT2D eigenvalue weighted by molar-refractivity contribution is 7.18. The second-order valence-electron chi connectivity index (χ2n) is 5.21. The fraction of sp³-hybridized carbons (Fsp3) is 0.200. The Balaban J connectivity index is 0.000000180. The molecule has 2 heterocycles. The largest absolute Gasteiger partial charge is 0.481 e. The zero-order chi connectivity index (χ0) is 18.6. The van der Waals surface area contributed by atoms with Crippen LogP contribution in [0.5, 0.6) is 0 Å². The normalized spacial score (nSPS) is 11.1. The van der Waals surface area contributed by atoms with Gasteiger partial charge in [0.25, 0.3) is 0 Å². The van der Waals surface area contributed by atoms with Gasteiger partial charge >= 0.3 is 17.9 Å². The highest BCUT2D eigenvalue weighted by Gasteiger charge is 2.40. The fourth-order valence-corrected chi connectivity index (χ4v) is 3.07. The number of carboxylic acid groups (broad SMARTS) is 3. The number of benzene rings is 1. The average Bonchev–Trinajstić information content (AvgIpc) is 3.14. The lowest BCUT2D eigenvalue weighted by Gasteiger charge is -2.18. The molecule has 0 aliphatic rings. The van der Waals surface area contributed by atoms with Crippen LogP contribution in [0.15, 0.2) is 29.8 Å². The Kier molecular flexibility index (Phi) is 5.35. The zero-order valence-electron chi connectivity index (χ0n) is 12.7. The molecule has 0 spiro atoms. The smallest absolute Gasteiger partial charge is 0.336 e. The number of carbonyl (C=O) groups is 3. The van der Waals surface area contributed by atoms with Crippen LogP contribution in [0.25, 0.3) is 21.0 Å². The minimum atomic E-state index is -2.74. The van der Waals surface area contributed by atoms with E-state index in [0.717, 1.165) is 5.52 Å². The number of fused-ring (bicyclic) bond motifs is 3. The van der Waals surface area contributed by atoms with Crippen LogP contribution in [0.2, 0.25) is 0 Å². The van der Waals surface area contributed by atoms with Crippen LogP contribution in [-0.2, 0) is 14.4 Å². The molecule has 2 aromatic heterocycles. The molecule has 25 heavy (non-hydrogen) atoms. The van der Waals surface area contributed by atoms with Crippen molar-refractivity contribution in [2.24, 2.45) is 0 Å². The molecule has 0 atom stereocenters. The number of rotatable bonds is 5. The first-order valence-corrected chi connectivity index (χ1v) is 7.79. The number of nitrogens with zero attached hydrogens (tertiary/aromatic N) is 1. The van der Waals surface area contributed by atoms with Crippen LogP contribution in [-0.4, -0.2) is 54.1 Å². The van der Waals surface area contributed by atoms with Crippen molar-refractivity contribution in [1.29, 1.82) is 0 Å². The van der Waals surface area contributed by atoms with E-state index in [1.165, 1.54) is 15.5 Å². The summed E-state index contributed by atoms with van der Waals surface area (Å²) < 4.78 is 1.32. The summed E-state index contributed by atoms with van der Waals surface area (Å²) in [6, 6.07) is 6.32. The van der Waals surface area contributed by atoms with E-state index >= 15 is 0 Å². The van der Waals surface area contributed by atoms with E-state index in [4.69, 9.17) is 20.4 Å². The van der Waals surface area contributed by atoms with E-state index < -0.39 is 36.4 Å². The number of hydrogen-bond acceptors (Lipinski definition) is 6. The van der Waals surface area contributed by atoms with Crippen molar-refractivity contribution in [1.82, 2.24) is 10.2 Å². The van der Waals surface area contributed by atoms with Crippen molar-refractivity contribution < 1.29 is 34.8 Å². The molecule has 0 aliphatic carbocycles. The van der Waals surface area contributed by atoms with Crippen LogP contribution in [0, 0.1) is 0 Å². The van der Waals surface area contributed by atoms with Crippen molar-refractivity contribution in [2.45, 2.75) is 18.4 Å². The standard InChI is InChI=1S/C9H6N2S.C6H8O7/c1-2-8-7(5-10-11-8)9-6(1)3-4-12-9;7-3(8)1-6(13,5(11)12)2-4(9)10/h1-5H,(H,10,11);13H,1-2H2,(H,7,8)(H,9,10)(H,11,12). The lowest BCUT2D eigenvalue weighted by molar-refractivity contribution is -0.170. The molecule has 0 saturated carbocycles. The number of thiophene rings is 1. The second kappa shape index (κ2) is 7.28. The maximum atomic E-state index is 10.3. The molecule has 0 bridgehead atoms. The highest BCUT2D eigenvalue weighted by atomic mass is 32.1. The number of H-pyrrole nitrogens is 1. The van der Waals surface area contributed by atoms with Crippen molar-refractivity contribution in [3.63, 3.8) is 0 Å². The van der Waals surface area contributed by atoms with Gasteiger partial charge in [0.2, 0.25) is 0 Å². The molecule has 3 aromatic rings. The Labute approximate surface area is 144 Å². The first-order valence-electron chi connectivity index (χ1n) is 6.91. The molecule has 5 N–H and O–H groups in total. The predicted molar refractivity (Wildman–Crippen MR) is 88.6 cm³/mol. The van der Waals surface area contributed by atoms with Gasteiger partial charge < -0.3 is 20.4 Å². The number of hydrogen-bond donors (Lipinski definition) is 5. The van der Waals surface area contributed by atoms with Crippen molar-refractivity contribution in [3.8, 4) is 0 Å². The molecular weight excluding hydrogens is 352 g/mol. The second-order valence-corrected chi connectivity index (χ2v) is 6.13. The van der Waals surface area contributed by atoms with E-state index in [1.54, 1.807) is 11.3 Å². The number of aliphatic hydroxyl groups is 1. The van der Waals surface area contributed by atoms with Crippen molar-refractivity contribution >= 4 is 50.2 Å². The van der Waals surface area contributed by atoms with Gasteiger partial charge in [0, 0.05) is 10.1 Å². The Morgan fingerprint density at radius 2 is 1.72 bits per heavy atom. The third-order valence-corrected chi connectivity index (χ3v) is 4.29. The summed E-state index contributed by atoms with van der Waals surface area (Å²) in [5.74, 6) is -5.02. The number of aromatic amines is 1. The van der Waals surface area contributed by atoms with Crippen molar-refractivity contribution in [3.05, 3.63) is 29.8 Å². The van der Waals surface area contributed by atoms with Gasteiger partial charge in [0.15, 0.2) is 5.60 Å².